The zero-order valence-corrected chi connectivity index (χ0v) is 33.2. The molecule has 11 N–H and O–H groups in total. The highest BCUT2D eigenvalue weighted by atomic mass is 32.2. The van der Waals surface area contributed by atoms with Crippen molar-refractivity contribution >= 4 is 74.9 Å². The number of nitrogens with two attached hydrogens (primary N) is 1. The predicted octanol–water partition coefficient (Wildman–Crippen LogP) is -2.00. The van der Waals surface area contributed by atoms with Gasteiger partial charge in [0.1, 0.15) is 42.4 Å². The number of carbonyl (C=O) groups excluding carboxylic acids is 4. The number of ether oxygens (including phenoxy) is 1. The third kappa shape index (κ3) is 14.2. The zero-order chi connectivity index (χ0) is 42.2. The predicted molar refractivity (Wildman–Crippen MR) is 188 cm³/mol. The van der Waals surface area contributed by atoms with E-state index in [0.717, 1.165) is 29.0 Å². The molecule has 3 rings (SSSR count). The van der Waals surface area contributed by atoms with Crippen LogP contribution in [0, 0.1) is 5.41 Å². The summed E-state index contributed by atoms with van der Waals surface area (Å²) >= 11 is 0.784. The average molecular weight is 882 g/mol. The van der Waals surface area contributed by atoms with Crippen LogP contribution in [0.5, 0.6) is 0 Å². The number of aliphatic hydroxyl groups excluding tert-OH is 3. The van der Waals surface area contributed by atoms with Crippen LogP contribution in [0.3, 0.4) is 0 Å². The van der Waals surface area contributed by atoms with Gasteiger partial charge in [0.25, 0.3) is 0 Å². The molecular formula is C26H42N7O19P3S. The SMILES string of the molecule is CC(O)C(=O)CC(=O)SCCNC(=O)CCNC(=O)[C@H](O)C(C)(C)COP(=O)(O)OP(=O)(O)OC[C@H]1O[C@@H](n2cnc3c(N)ncnc32)[C@H](O)[C@@H]1OP(=O)(O)O. The number of nitrogen functional groups attached to an aromatic ring is 1. The van der Waals surface area contributed by atoms with Gasteiger partial charge in [0.05, 0.1) is 26.0 Å². The number of ketones is 1. The molecule has 0 aliphatic carbocycles. The number of nitrogens with zero attached hydrogens (tertiary/aromatic N) is 4. The van der Waals surface area contributed by atoms with Gasteiger partial charge in [-0.3, -0.25) is 37.3 Å². The number of aromatic nitrogens is 4. The topological polar surface area (TPSA) is 401 Å². The molecule has 316 valence electrons. The molecule has 0 bridgehead atoms. The molecule has 8 atom stereocenters. The fraction of sp³-hybridized carbons (Fsp3) is 0.654. The highest BCUT2D eigenvalue weighted by Gasteiger charge is 2.50. The molecule has 30 heteroatoms. The quantitative estimate of drug-likeness (QED) is 0.0347. The van der Waals surface area contributed by atoms with Crippen molar-refractivity contribution in [2.75, 3.05) is 37.8 Å². The lowest BCUT2D eigenvalue weighted by Gasteiger charge is -2.30. The molecule has 26 nitrogen and oxygen atoms in total. The number of nitrogens with one attached hydrogen (secondary N) is 2. The van der Waals surface area contributed by atoms with Gasteiger partial charge in [-0.1, -0.05) is 25.6 Å². The van der Waals surface area contributed by atoms with Crippen molar-refractivity contribution in [1.82, 2.24) is 30.2 Å². The van der Waals surface area contributed by atoms with Crippen molar-refractivity contribution in [3.63, 3.8) is 0 Å². The molecule has 3 unspecified atom stereocenters. The second-order valence-electron chi connectivity index (χ2n) is 12.6. The zero-order valence-electron chi connectivity index (χ0n) is 29.7. The Bertz CT molecular complexity index is 1880. The van der Waals surface area contributed by atoms with Crippen LogP contribution in [0.25, 0.3) is 11.2 Å². The number of aliphatic hydroxyl groups is 3. The van der Waals surface area contributed by atoms with E-state index in [-0.39, 0.29) is 42.2 Å². The standard InChI is InChI=1S/C26H42N7O19P3S/c1-13(34)14(35)8-17(37)56-7-6-28-16(36)4-5-29-24(40)21(39)26(2,3)10-49-55(46,47)52-54(44,45)48-9-15-20(51-53(41,42)43)19(38)25(50-15)33-12-32-18-22(27)30-11-31-23(18)33/h11-13,15,19-21,25,34,38-39H,4-10H2,1-3H3,(H,28,36)(H,29,40)(H,44,45)(H,46,47)(H2,27,30,31)(H2,41,42,43)/t13?,15-,19-,20-,21+,25-/m1/s1. The molecule has 1 aliphatic heterocycles. The number of amides is 2. The number of rotatable bonds is 22. The van der Waals surface area contributed by atoms with Crippen molar-refractivity contribution in [2.24, 2.45) is 5.41 Å². The van der Waals surface area contributed by atoms with E-state index in [4.69, 9.17) is 24.6 Å². The number of Topliss-reactive ketones (excluding diaryl/α,β-unsaturated/α-hetero) is 1. The summed E-state index contributed by atoms with van der Waals surface area (Å²) < 4.78 is 61.9. The maximum Gasteiger partial charge on any atom is 0.481 e. The first-order valence-corrected chi connectivity index (χ1v) is 21.6. The summed E-state index contributed by atoms with van der Waals surface area (Å²) in [4.78, 5) is 98.4. The molecule has 2 amide bonds. The van der Waals surface area contributed by atoms with Gasteiger partial charge in [-0.2, -0.15) is 4.31 Å². The Morgan fingerprint density at radius 1 is 1.04 bits per heavy atom. The number of fused-ring (bicyclic) bond motifs is 1. The van der Waals surface area contributed by atoms with Crippen LogP contribution in [0.15, 0.2) is 12.7 Å². The summed E-state index contributed by atoms with van der Waals surface area (Å²) in [6, 6.07) is 0. The highest BCUT2D eigenvalue weighted by Crippen LogP contribution is 2.61. The molecule has 1 fully saturated rings. The van der Waals surface area contributed by atoms with E-state index in [1.54, 1.807) is 0 Å². The van der Waals surface area contributed by atoms with Gasteiger partial charge in [0.15, 0.2) is 28.6 Å². The van der Waals surface area contributed by atoms with Gasteiger partial charge >= 0.3 is 23.5 Å². The summed E-state index contributed by atoms with van der Waals surface area (Å²) in [5, 5.41) is 34.8. The molecule has 56 heavy (non-hydrogen) atoms. The minimum absolute atomic E-state index is 0.0190. The van der Waals surface area contributed by atoms with Crippen LogP contribution in [-0.2, 0) is 55.5 Å². The Morgan fingerprint density at radius 3 is 2.34 bits per heavy atom. The van der Waals surface area contributed by atoms with Crippen molar-refractivity contribution in [1.29, 1.82) is 0 Å². The van der Waals surface area contributed by atoms with Crippen LogP contribution in [-0.4, -0.2) is 140 Å². The average Bonchev–Trinajstić information content (AvgIpc) is 3.64. The number of imidazole rings is 1. The fourth-order valence-electron chi connectivity index (χ4n) is 4.64. The third-order valence-electron chi connectivity index (χ3n) is 7.55. The lowest BCUT2D eigenvalue weighted by molar-refractivity contribution is -0.137. The van der Waals surface area contributed by atoms with Crippen LogP contribution >= 0.6 is 35.2 Å². The second kappa shape index (κ2) is 19.8. The molecule has 2 aromatic heterocycles. The fourth-order valence-corrected chi connectivity index (χ4v) is 8.14. The second-order valence-corrected chi connectivity index (χ2v) is 18.0. The van der Waals surface area contributed by atoms with Gasteiger partial charge in [-0.05, 0) is 6.92 Å². The summed E-state index contributed by atoms with van der Waals surface area (Å²) in [5.74, 6) is -2.10. The van der Waals surface area contributed by atoms with Crippen LogP contribution < -0.4 is 16.4 Å². The van der Waals surface area contributed by atoms with E-state index in [0.29, 0.717) is 0 Å². The van der Waals surface area contributed by atoms with Crippen LogP contribution in [0.2, 0.25) is 0 Å². The summed E-state index contributed by atoms with van der Waals surface area (Å²) in [5.41, 5.74) is 4.19. The lowest BCUT2D eigenvalue weighted by atomic mass is 9.87. The van der Waals surface area contributed by atoms with Gasteiger partial charge in [0.2, 0.25) is 11.8 Å². The molecule has 0 radical (unpaired) electrons. The number of hydrogen-bond acceptors (Lipinski definition) is 20. The summed E-state index contributed by atoms with van der Waals surface area (Å²) in [6.07, 6.45) is -8.84. The largest absolute Gasteiger partial charge is 0.481 e. The van der Waals surface area contributed by atoms with E-state index < -0.39 is 108 Å². The van der Waals surface area contributed by atoms with Gasteiger partial charge in [0, 0.05) is 30.7 Å². The molecule has 0 aromatic carbocycles. The Labute approximate surface area is 321 Å². The number of phosphoric ester groups is 3. The number of phosphoric acid groups is 3. The minimum Gasteiger partial charge on any atom is -0.386 e. The monoisotopic (exact) mass is 881 g/mol. The first kappa shape index (κ1) is 47.6. The number of hydrogen-bond donors (Lipinski definition) is 10. The Hall–Kier alpha value is -2.81. The molecule has 3 heterocycles. The molecule has 1 aliphatic rings. The third-order valence-corrected chi connectivity index (χ3v) is 11.5. The van der Waals surface area contributed by atoms with E-state index in [1.165, 1.54) is 20.8 Å². The lowest BCUT2D eigenvalue weighted by Crippen LogP contribution is -2.46. The van der Waals surface area contributed by atoms with E-state index in [2.05, 4.69) is 34.4 Å². The summed E-state index contributed by atoms with van der Waals surface area (Å²) in [6.45, 7) is 1.40. The number of anilines is 1. The minimum atomic E-state index is -5.59. The maximum absolute atomic E-state index is 12.7. The van der Waals surface area contributed by atoms with Crippen molar-refractivity contribution in [3.05, 3.63) is 12.7 Å². The van der Waals surface area contributed by atoms with E-state index in [1.807, 2.05) is 0 Å². The Balaban J connectivity index is 1.48. The molecule has 0 spiro atoms. The highest BCUT2D eigenvalue weighted by molar-refractivity contribution is 8.13. The number of carbonyl (C=O) groups is 4. The molecule has 1 saturated heterocycles. The van der Waals surface area contributed by atoms with Gasteiger partial charge < -0.3 is 56.0 Å². The van der Waals surface area contributed by atoms with Crippen LogP contribution in [0.4, 0.5) is 5.82 Å². The van der Waals surface area contributed by atoms with Gasteiger partial charge in [-0.15, -0.1) is 0 Å². The first-order valence-electron chi connectivity index (χ1n) is 16.1. The molecule has 0 saturated carbocycles. The maximum atomic E-state index is 12.7. The normalized spacial score (nSPS) is 22.2. The van der Waals surface area contributed by atoms with E-state index >= 15 is 0 Å². The molecule has 2 aromatic rings. The van der Waals surface area contributed by atoms with Crippen molar-refractivity contribution in [2.45, 2.75) is 70.4 Å². The van der Waals surface area contributed by atoms with Crippen molar-refractivity contribution < 1.29 is 90.4 Å². The van der Waals surface area contributed by atoms with Gasteiger partial charge in [-0.25, -0.2) is 28.6 Å². The Morgan fingerprint density at radius 2 is 1.70 bits per heavy atom. The van der Waals surface area contributed by atoms with Crippen LogP contribution in [0.1, 0.15) is 39.8 Å². The van der Waals surface area contributed by atoms with Crippen molar-refractivity contribution in [3.8, 4) is 0 Å². The first-order chi connectivity index (χ1) is 25.8. The smallest absolute Gasteiger partial charge is 0.386 e. The molecular weight excluding hydrogens is 839 g/mol. The van der Waals surface area contributed by atoms with E-state index in [9.17, 15) is 62.7 Å². The Kier molecular flexibility index (Phi) is 16.8. The summed E-state index contributed by atoms with van der Waals surface area (Å²) in [7, 11) is -16.4. The number of thioether (sulfide) groups is 1.